The molecule has 0 N–H and O–H groups in total. The molecule has 0 radical (unpaired) electrons. The van der Waals surface area contributed by atoms with Crippen molar-refractivity contribution in [3.05, 3.63) is 130 Å². The molecule has 6 aromatic rings. The highest BCUT2D eigenvalue weighted by molar-refractivity contribution is 7.71. The van der Waals surface area contributed by atoms with Crippen molar-refractivity contribution in [2.75, 3.05) is 40.4 Å². The number of nitrogens with zero attached hydrogens (tertiary/aromatic N) is 16. The number of aryl methyl sites for hydroxylation is 11. The van der Waals surface area contributed by atoms with Crippen LogP contribution >= 0.6 is 12.2 Å². The van der Waals surface area contributed by atoms with E-state index in [1.165, 1.54) is 47.1 Å². The van der Waals surface area contributed by atoms with Crippen LogP contribution in [0.4, 0.5) is 4.79 Å². The number of hydrogen-bond donors (Lipinski definition) is 0. The third-order valence-corrected chi connectivity index (χ3v) is 10.1. The summed E-state index contributed by atoms with van der Waals surface area (Å²) in [5.74, 6) is 1.31. The van der Waals surface area contributed by atoms with Gasteiger partial charge in [-0.3, -0.25) is 18.7 Å². The summed E-state index contributed by atoms with van der Waals surface area (Å²) in [6.45, 7) is 16.7. The number of ether oxygens (including phenoxy) is 2. The van der Waals surface area contributed by atoms with Gasteiger partial charge in [0.2, 0.25) is 0 Å². The monoisotopic (exact) mass is 989 g/mol. The molecule has 2 fully saturated rings. The van der Waals surface area contributed by atoms with Gasteiger partial charge in [-0.1, -0.05) is 20.8 Å². The van der Waals surface area contributed by atoms with E-state index >= 15 is 0 Å². The van der Waals surface area contributed by atoms with Gasteiger partial charge in [-0.25, -0.2) is 38.5 Å². The zero-order valence-corrected chi connectivity index (χ0v) is 44.8. The Morgan fingerprint density at radius 3 is 1.38 bits per heavy atom. The zero-order chi connectivity index (χ0) is 53.3. The molecule has 0 aliphatic carbocycles. The van der Waals surface area contributed by atoms with Gasteiger partial charge >= 0.3 is 23.1 Å². The first kappa shape index (κ1) is 62.3. The zero-order valence-electron chi connectivity index (χ0n) is 44.0. The van der Waals surface area contributed by atoms with E-state index in [1.807, 2.05) is 66.8 Å². The van der Waals surface area contributed by atoms with Crippen LogP contribution in [-0.4, -0.2) is 129 Å². The topological polar surface area (TPSA) is 228 Å². The highest BCUT2D eigenvalue weighted by Gasteiger charge is 2.20. The van der Waals surface area contributed by atoms with E-state index in [0.717, 1.165) is 41.5 Å². The lowest BCUT2D eigenvalue weighted by atomic mass is 10.2. The predicted octanol–water partition coefficient (Wildman–Crippen LogP) is 1.57. The van der Waals surface area contributed by atoms with Gasteiger partial charge in [-0.15, -0.1) is 0 Å². The van der Waals surface area contributed by atoms with Gasteiger partial charge in [0.15, 0.2) is 11.1 Å². The fourth-order valence-electron chi connectivity index (χ4n) is 5.16. The summed E-state index contributed by atoms with van der Waals surface area (Å²) < 4.78 is 26.2. The van der Waals surface area contributed by atoms with E-state index in [-0.39, 0.29) is 40.5 Å². The lowest BCUT2D eigenvalue weighted by molar-refractivity contribution is -0.187. The minimum absolute atomic E-state index is 0.0185. The van der Waals surface area contributed by atoms with Crippen molar-refractivity contribution in [2.45, 2.75) is 54.8 Å². The predicted molar refractivity (Wildman–Crippen MR) is 268 cm³/mol. The summed E-state index contributed by atoms with van der Waals surface area (Å²) in [7, 11) is 20.8. The molecule has 0 bridgehead atoms. The van der Waals surface area contributed by atoms with Crippen LogP contribution in [0, 0.1) is 31.5 Å². The largest absolute Gasteiger partial charge is 0.353 e. The lowest BCUT2D eigenvalue weighted by Gasteiger charge is -2.24. The third kappa shape index (κ3) is 21.8. The number of urea groups is 1. The quantitative estimate of drug-likeness (QED) is 0.197. The Bertz CT molecular complexity index is 2600. The van der Waals surface area contributed by atoms with Crippen LogP contribution in [0.2, 0.25) is 0 Å². The van der Waals surface area contributed by atoms with Crippen molar-refractivity contribution in [3.63, 3.8) is 0 Å². The average molecular weight is 989 g/mol. The summed E-state index contributed by atoms with van der Waals surface area (Å²) in [4.78, 5) is 76.4. The summed E-state index contributed by atoms with van der Waals surface area (Å²) in [6.07, 6.45) is 15.1. The van der Waals surface area contributed by atoms with Crippen LogP contribution in [0.1, 0.15) is 44.6 Å². The van der Waals surface area contributed by atoms with Crippen molar-refractivity contribution in [3.8, 4) is 0 Å². The Morgan fingerprint density at radius 2 is 1.12 bits per heavy atom. The average Bonchev–Trinajstić information content (AvgIpc) is 4.13. The molecule has 6 aromatic heterocycles. The summed E-state index contributed by atoms with van der Waals surface area (Å²) >= 11 is 4.89. The van der Waals surface area contributed by atoms with Gasteiger partial charge in [0.25, 0.3) is 11.1 Å². The van der Waals surface area contributed by atoms with Gasteiger partial charge in [0.1, 0.15) is 12.2 Å². The first-order valence-electron chi connectivity index (χ1n) is 21.8. The minimum Gasteiger partial charge on any atom is -0.353 e. The molecule has 2 saturated heterocycles. The fourth-order valence-corrected chi connectivity index (χ4v) is 5.26. The first-order chi connectivity index (χ1) is 32.2. The fraction of sp³-hybridized carbons (Fsp3) is 0.568. The molecule has 0 saturated carbocycles. The molecule has 2 aliphatic rings. The standard InChI is InChI=1S/C7H10N2O2.C6H8N2O.C6H12O2.C5H9N3O.C5H10N2O.C5H8N2O.C4H7N3S.C4H6N2.C2H6/c1-5-4-8(2)7(11)9(3)6(5)10;1-5-3-7-4-8(2)6(5)9;1-5-3-7-6(2)8-4-5;1-4-6-8(3)5(9)7(4)2;2*1-6-3-4-7(2)5(6)8;1-6-3-5-7(2)4(6)8;1-6-3-2-5-4-6;1-2/h4H,1-3H3;3-4H,1-2H3;5-6H,3-4H2,1-2H3;1-3H3;3-4H2,1-2H3;3-4H,1-2H3;3H,1-2H3;2-4H,1H3;1-2H3. The Labute approximate surface area is 408 Å². The SMILES string of the molecule is CC.CC1COC(C)OC1.CN1CCN(C)C1=O.Cc1cn(C)c(=O)n(C)c1=O.Cc1cncn(C)c1=O.Cc1nn(C)c(=O)n1C.Cn1ccn(C)c1=O.Cn1ccnc1.Cn1cnn(C)c1=S. The summed E-state index contributed by atoms with van der Waals surface area (Å²) in [5, 5.41) is 7.77. The van der Waals surface area contributed by atoms with E-state index in [4.69, 9.17) is 21.7 Å². The Kier molecular flexibility index (Phi) is 28.3. The van der Waals surface area contributed by atoms with Crippen molar-refractivity contribution in [2.24, 2.45) is 76.4 Å². The van der Waals surface area contributed by atoms with Crippen LogP contribution in [0.3, 0.4) is 0 Å². The molecule has 8 rings (SSSR count). The van der Waals surface area contributed by atoms with Gasteiger partial charge in [-0.05, 0) is 39.9 Å². The molecule has 0 spiro atoms. The molecular weight excluding hydrogens is 913 g/mol. The molecular formula is C44H76N16O8S. The smallest absolute Gasteiger partial charge is 0.345 e. The number of rotatable bonds is 0. The van der Waals surface area contributed by atoms with Crippen molar-refractivity contribution < 1.29 is 14.3 Å². The van der Waals surface area contributed by atoms with Crippen LogP contribution in [0.25, 0.3) is 0 Å². The molecule has 69 heavy (non-hydrogen) atoms. The highest BCUT2D eigenvalue weighted by atomic mass is 32.1. The van der Waals surface area contributed by atoms with Crippen molar-refractivity contribution >= 4 is 18.2 Å². The van der Waals surface area contributed by atoms with E-state index in [0.29, 0.717) is 17.0 Å². The normalized spacial score (nSPS) is 14.3. The Balaban J connectivity index is 0.000000765. The van der Waals surface area contributed by atoms with Gasteiger partial charge in [-0.2, -0.15) is 10.2 Å². The molecule has 0 aromatic carbocycles. The van der Waals surface area contributed by atoms with Crippen LogP contribution in [0.15, 0.2) is 80.1 Å². The molecule has 0 unspecified atom stereocenters. The molecule has 24 nitrogen and oxygen atoms in total. The molecule has 2 aliphatic heterocycles. The van der Waals surface area contributed by atoms with E-state index < -0.39 is 0 Å². The maximum absolute atomic E-state index is 11.1. The second-order valence-electron chi connectivity index (χ2n) is 15.7. The number of aromatic nitrogens is 14. The van der Waals surface area contributed by atoms with E-state index in [1.54, 1.807) is 120 Å². The third-order valence-electron chi connectivity index (χ3n) is 9.51. The molecule has 25 heteroatoms. The number of likely N-dealkylation sites (N-methyl/N-ethyl adjacent to an activating group) is 2. The Hall–Kier alpha value is -6.73. The molecule has 0 atom stereocenters. The van der Waals surface area contributed by atoms with E-state index in [9.17, 15) is 28.8 Å². The molecule has 8 heterocycles. The number of hydrogen-bond acceptors (Lipinski definition) is 13. The summed E-state index contributed by atoms with van der Waals surface area (Å²) in [6, 6.07) is 0.130. The maximum Gasteiger partial charge on any atom is 0.345 e. The number of carbonyl (C=O) groups is 1. The number of amides is 2. The molecule has 2 amide bonds. The highest BCUT2D eigenvalue weighted by Crippen LogP contribution is 2.08. The lowest BCUT2D eigenvalue weighted by Crippen LogP contribution is -2.37. The molecule has 386 valence electrons. The maximum atomic E-state index is 11.1. The van der Waals surface area contributed by atoms with Gasteiger partial charge < -0.3 is 46.7 Å². The first-order valence-corrected chi connectivity index (χ1v) is 22.2. The van der Waals surface area contributed by atoms with E-state index in [2.05, 4.69) is 27.1 Å². The van der Waals surface area contributed by atoms with Crippen LogP contribution < -0.4 is 28.2 Å². The number of carbonyl (C=O) groups excluding carboxylic acids is 1. The van der Waals surface area contributed by atoms with Crippen LogP contribution in [0.5, 0.6) is 0 Å². The Morgan fingerprint density at radius 1 is 0.580 bits per heavy atom. The van der Waals surface area contributed by atoms with Gasteiger partial charge in [0, 0.05) is 152 Å². The van der Waals surface area contributed by atoms with Crippen molar-refractivity contribution in [1.82, 2.24) is 75.9 Å². The number of imidazole rings is 2. The minimum atomic E-state index is -0.291. The second-order valence-corrected chi connectivity index (χ2v) is 16.1. The van der Waals surface area contributed by atoms with Crippen molar-refractivity contribution in [1.29, 1.82) is 0 Å². The van der Waals surface area contributed by atoms with Gasteiger partial charge in [0.05, 0.1) is 25.9 Å². The second kappa shape index (κ2) is 31.3. The summed E-state index contributed by atoms with van der Waals surface area (Å²) in [5.41, 5.74) is 0.700. The van der Waals surface area contributed by atoms with Crippen LogP contribution in [-0.2, 0) is 80.0 Å².